The minimum atomic E-state index is -0.776. The highest BCUT2D eigenvalue weighted by Gasteiger charge is 2.18. The van der Waals surface area contributed by atoms with Crippen LogP contribution in [-0.4, -0.2) is 14.9 Å². The van der Waals surface area contributed by atoms with Gasteiger partial charge in [-0.1, -0.05) is 33.6 Å². The third kappa shape index (κ3) is 2.99. The van der Waals surface area contributed by atoms with E-state index in [0.717, 1.165) is 11.4 Å². The first kappa shape index (κ1) is 14.5. The lowest BCUT2D eigenvalue weighted by atomic mass is 10.0. The van der Waals surface area contributed by atoms with Crippen LogP contribution in [0, 0.1) is 12.7 Å². The Morgan fingerprint density at radius 1 is 1.53 bits per heavy atom. The maximum Gasteiger partial charge on any atom is 0.124 e. The Bertz CT molecular complexity index is 615. The summed E-state index contributed by atoms with van der Waals surface area (Å²) in [5, 5.41) is 15.0. The van der Waals surface area contributed by atoms with Crippen LogP contribution in [0.3, 0.4) is 0 Å². The first-order valence-electron chi connectivity index (χ1n) is 5.71. The molecule has 1 aromatic carbocycles. The molecule has 0 radical (unpaired) electrons. The average molecular weight is 348 g/mol. The second-order valence-electron chi connectivity index (χ2n) is 4.36. The summed E-state index contributed by atoms with van der Waals surface area (Å²) in [7, 11) is 1.78. The van der Waals surface area contributed by atoms with Crippen molar-refractivity contribution in [2.24, 2.45) is 7.05 Å². The highest BCUT2D eigenvalue weighted by Crippen LogP contribution is 2.29. The third-order valence-corrected chi connectivity index (χ3v) is 4.15. The molecule has 0 spiro atoms. The number of aromatic nitrogens is 2. The van der Waals surface area contributed by atoms with Crippen molar-refractivity contribution in [2.45, 2.75) is 19.4 Å². The molecule has 0 aliphatic heterocycles. The topological polar surface area (TPSA) is 38.0 Å². The summed E-state index contributed by atoms with van der Waals surface area (Å²) in [6, 6.07) is 4.20. The van der Waals surface area contributed by atoms with E-state index in [1.54, 1.807) is 17.8 Å². The Morgan fingerprint density at radius 2 is 2.21 bits per heavy atom. The quantitative estimate of drug-likeness (QED) is 0.922. The Labute approximate surface area is 124 Å². The van der Waals surface area contributed by atoms with Crippen LogP contribution in [0.15, 0.2) is 22.7 Å². The number of hydrogen-bond acceptors (Lipinski definition) is 2. The fourth-order valence-corrected chi connectivity index (χ4v) is 2.82. The van der Waals surface area contributed by atoms with Crippen molar-refractivity contribution in [1.29, 1.82) is 0 Å². The molecule has 19 heavy (non-hydrogen) atoms. The zero-order valence-electron chi connectivity index (χ0n) is 10.5. The molecule has 0 bridgehead atoms. The number of aliphatic hydroxyl groups excluding tert-OH is 1. The van der Waals surface area contributed by atoms with Crippen LogP contribution >= 0.6 is 27.5 Å². The fraction of sp³-hybridized carbons (Fsp3) is 0.308. The summed E-state index contributed by atoms with van der Waals surface area (Å²) in [5.41, 5.74) is 2.10. The number of aliphatic hydroxyl groups is 1. The van der Waals surface area contributed by atoms with Gasteiger partial charge in [0, 0.05) is 17.9 Å². The molecule has 1 aromatic heterocycles. The van der Waals surface area contributed by atoms with E-state index in [1.165, 1.54) is 12.1 Å². The average Bonchev–Trinajstić information content (AvgIpc) is 2.56. The number of aryl methyl sites for hydroxylation is 2. The molecule has 102 valence electrons. The fourth-order valence-electron chi connectivity index (χ4n) is 1.97. The van der Waals surface area contributed by atoms with E-state index in [0.29, 0.717) is 21.5 Å². The summed E-state index contributed by atoms with van der Waals surface area (Å²) in [6.45, 7) is 1.81. The maximum atomic E-state index is 13.0. The molecule has 0 aliphatic carbocycles. The van der Waals surface area contributed by atoms with Crippen molar-refractivity contribution >= 4 is 27.5 Å². The summed E-state index contributed by atoms with van der Waals surface area (Å²) in [4.78, 5) is 0. The molecule has 1 unspecified atom stereocenters. The van der Waals surface area contributed by atoms with E-state index in [-0.39, 0.29) is 5.82 Å². The van der Waals surface area contributed by atoms with Gasteiger partial charge in [0.05, 0.1) is 22.5 Å². The molecule has 3 nitrogen and oxygen atoms in total. The van der Waals surface area contributed by atoms with E-state index in [1.807, 2.05) is 6.92 Å². The van der Waals surface area contributed by atoms with Crippen molar-refractivity contribution < 1.29 is 9.50 Å². The molecule has 0 aliphatic rings. The summed E-state index contributed by atoms with van der Waals surface area (Å²) >= 11 is 9.39. The van der Waals surface area contributed by atoms with Gasteiger partial charge in [-0.25, -0.2) is 4.39 Å². The Hall–Kier alpha value is -0.910. The zero-order valence-corrected chi connectivity index (χ0v) is 12.8. The van der Waals surface area contributed by atoms with Crippen molar-refractivity contribution in [2.75, 3.05) is 0 Å². The molecule has 6 heteroatoms. The lowest BCUT2D eigenvalue weighted by Crippen LogP contribution is -2.07. The summed E-state index contributed by atoms with van der Waals surface area (Å²) < 4.78 is 15.2. The first-order chi connectivity index (χ1) is 8.90. The zero-order chi connectivity index (χ0) is 14.2. The van der Waals surface area contributed by atoms with Crippen molar-refractivity contribution in [3.05, 3.63) is 50.5 Å². The number of nitrogens with zero attached hydrogens (tertiary/aromatic N) is 2. The monoisotopic (exact) mass is 346 g/mol. The minimum Gasteiger partial charge on any atom is -0.388 e. The van der Waals surface area contributed by atoms with Gasteiger partial charge in [-0.3, -0.25) is 4.68 Å². The Balaban J connectivity index is 2.28. The normalized spacial score (nSPS) is 12.7. The Morgan fingerprint density at radius 3 is 2.74 bits per heavy atom. The van der Waals surface area contributed by atoms with Crippen molar-refractivity contribution in [3.8, 4) is 0 Å². The van der Waals surface area contributed by atoms with Gasteiger partial charge < -0.3 is 5.11 Å². The van der Waals surface area contributed by atoms with Crippen LogP contribution in [-0.2, 0) is 13.5 Å². The number of rotatable bonds is 3. The van der Waals surface area contributed by atoms with Gasteiger partial charge in [-0.2, -0.15) is 5.10 Å². The van der Waals surface area contributed by atoms with Crippen LogP contribution in [0.25, 0.3) is 0 Å². The van der Waals surface area contributed by atoms with Gasteiger partial charge in [0.2, 0.25) is 0 Å². The van der Waals surface area contributed by atoms with Crippen LogP contribution in [0.5, 0.6) is 0 Å². The van der Waals surface area contributed by atoms with E-state index >= 15 is 0 Å². The predicted octanol–water partition coefficient (Wildman–Crippen LogP) is 3.56. The molecule has 2 aromatic rings. The van der Waals surface area contributed by atoms with Crippen LogP contribution in [0.1, 0.15) is 23.1 Å². The summed E-state index contributed by atoms with van der Waals surface area (Å²) in [6.07, 6.45) is -0.456. The second-order valence-corrected chi connectivity index (χ2v) is 5.59. The van der Waals surface area contributed by atoms with E-state index in [2.05, 4.69) is 21.0 Å². The standard InChI is InChI=1S/C13H13BrClFN2O/c1-7-13(15)11(18(2)17-7)6-12(19)9-4-3-8(16)5-10(9)14/h3-5,12,19H,6H2,1-2H3. The second kappa shape index (κ2) is 5.61. The molecule has 1 atom stereocenters. The minimum absolute atomic E-state index is 0.320. The lowest BCUT2D eigenvalue weighted by molar-refractivity contribution is 0.175. The maximum absolute atomic E-state index is 13.0. The molecule has 0 amide bonds. The largest absolute Gasteiger partial charge is 0.388 e. The number of hydrogen-bond donors (Lipinski definition) is 1. The molecular formula is C13H13BrClFN2O. The van der Waals surface area contributed by atoms with Gasteiger partial charge in [-0.05, 0) is 24.6 Å². The highest BCUT2D eigenvalue weighted by molar-refractivity contribution is 9.10. The molecule has 1 N–H and O–H groups in total. The van der Waals surface area contributed by atoms with Crippen molar-refractivity contribution in [3.63, 3.8) is 0 Å². The summed E-state index contributed by atoms with van der Waals surface area (Å²) in [5.74, 6) is -0.350. The highest BCUT2D eigenvalue weighted by atomic mass is 79.9. The van der Waals surface area contributed by atoms with Gasteiger partial charge in [0.1, 0.15) is 5.82 Å². The SMILES string of the molecule is Cc1nn(C)c(CC(O)c2ccc(F)cc2Br)c1Cl. The van der Waals surface area contributed by atoms with E-state index < -0.39 is 6.10 Å². The van der Waals surface area contributed by atoms with Gasteiger partial charge in [-0.15, -0.1) is 0 Å². The van der Waals surface area contributed by atoms with Gasteiger partial charge >= 0.3 is 0 Å². The first-order valence-corrected chi connectivity index (χ1v) is 6.88. The van der Waals surface area contributed by atoms with Crippen LogP contribution < -0.4 is 0 Å². The molecule has 1 heterocycles. The number of benzene rings is 1. The smallest absolute Gasteiger partial charge is 0.124 e. The van der Waals surface area contributed by atoms with Crippen LogP contribution in [0.4, 0.5) is 4.39 Å². The molecule has 0 fully saturated rings. The van der Waals surface area contributed by atoms with E-state index in [4.69, 9.17) is 11.6 Å². The third-order valence-electron chi connectivity index (χ3n) is 2.97. The molecule has 0 saturated heterocycles. The number of halogens is 3. The Kier molecular flexibility index (Phi) is 4.28. The predicted molar refractivity (Wildman–Crippen MR) is 75.7 cm³/mol. The van der Waals surface area contributed by atoms with Gasteiger partial charge in [0.15, 0.2) is 0 Å². The van der Waals surface area contributed by atoms with E-state index in [9.17, 15) is 9.50 Å². The molecule has 2 rings (SSSR count). The van der Waals surface area contributed by atoms with Gasteiger partial charge in [0.25, 0.3) is 0 Å². The molecule has 0 saturated carbocycles. The van der Waals surface area contributed by atoms with Crippen LogP contribution in [0.2, 0.25) is 5.02 Å². The molecular weight excluding hydrogens is 335 g/mol. The lowest BCUT2D eigenvalue weighted by Gasteiger charge is -2.13. The van der Waals surface area contributed by atoms with Crippen molar-refractivity contribution in [1.82, 2.24) is 9.78 Å².